The zero-order chi connectivity index (χ0) is 11.5. The first-order valence-electron chi connectivity index (χ1n) is 4.64. The fourth-order valence-electron chi connectivity index (χ4n) is 1.17. The van der Waals surface area contributed by atoms with Crippen molar-refractivity contribution in [2.45, 2.75) is 6.04 Å². The summed E-state index contributed by atoms with van der Waals surface area (Å²) >= 11 is 0. The quantitative estimate of drug-likeness (QED) is 0.820. The lowest BCUT2D eigenvalue weighted by atomic mass is 10.1. The van der Waals surface area contributed by atoms with Crippen LogP contribution in [0.1, 0.15) is 11.6 Å². The maximum atomic E-state index is 11.6. The van der Waals surface area contributed by atoms with E-state index >= 15 is 0 Å². The first-order chi connectivity index (χ1) is 6.93. The van der Waals surface area contributed by atoms with Gasteiger partial charge in [-0.2, -0.15) is 0 Å². The predicted octanol–water partition coefficient (Wildman–Crippen LogP) is 0.578. The van der Waals surface area contributed by atoms with Crippen LogP contribution in [0.5, 0.6) is 0 Å². The molecule has 0 bridgehead atoms. The molecule has 0 saturated heterocycles. The van der Waals surface area contributed by atoms with Crippen LogP contribution >= 0.6 is 0 Å². The van der Waals surface area contributed by atoms with Crippen molar-refractivity contribution < 1.29 is 8.42 Å². The lowest BCUT2D eigenvalue weighted by molar-refractivity contribution is 0.515. The Morgan fingerprint density at radius 1 is 1.27 bits per heavy atom. The summed E-state index contributed by atoms with van der Waals surface area (Å²) in [5.41, 5.74) is 6.65. The fourth-order valence-corrected chi connectivity index (χ4v) is 2.12. The van der Waals surface area contributed by atoms with Crippen molar-refractivity contribution in [3.05, 3.63) is 35.9 Å². The van der Waals surface area contributed by atoms with Crippen LogP contribution in [0.25, 0.3) is 0 Å². The zero-order valence-corrected chi connectivity index (χ0v) is 9.74. The third kappa shape index (κ3) is 3.30. The van der Waals surface area contributed by atoms with Crippen LogP contribution in [0.4, 0.5) is 0 Å². The number of nitrogens with two attached hydrogens (primary N) is 1. The molecule has 1 unspecified atom stereocenters. The van der Waals surface area contributed by atoms with E-state index in [1.807, 2.05) is 30.3 Å². The molecule has 2 N–H and O–H groups in total. The molecular weight excluding hydrogens is 212 g/mol. The summed E-state index contributed by atoms with van der Waals surface area (Å²) in [6.07, 6.45) is 0. The minimum atomic E-state index is -3.24. The van der Waals surface area contributed by atoms with Crippen LogP contribution < -0.4 is 5.73 Å². The minimum Gasteiger partial charge on any atom is -0.323 e. The van der Waals surface area contributed by atoms with Gasteiger partial charge in [0.1, 0.15) is 0 Å². The van der Waals surface area contributed by atoms with E-state index < -0.39 is 16.1 Å². The standard InChI is InChI=1S/C10H16N2O2S/c1-12(2)15(13,14)8-10(11)9-6-4-3-5-7-9/h3-7,10H,8,11H2,1-2H3. The highest BCUT2D eigenvalue weighted by Crippen LogP contribution is 2.12. The number of nitrogens with zero attached hydrogens (tertiary/aromatic N) is 1. The molecule has 0 aliphatic carbocycles. The Kier molecular flexibility index (Phi) is 3.84. The molecule has 0 fully saturated rings. The van der Waals surface area contributed by atoms with E-state index in [9.17, 15) is 8.42 Å². The second-order valence-corrected chi connectivity index (χ2v) is 5.81. The number of benzene rings is 1. The van der Waals surface area contributed by atoms with E-state index in [-0.39, 0.29) is 5.75 Å². The molecule has 0 amide bonds. The normalized spacial score (nSPS) is 14.1. The van der Waals surface area contributed by atoms with Gasteiger partial charge in [0.15, 0.2) is 0 Å². The minimum absolute atomic E-state index is 0.0655. The molecule has 1 aromatic rings. The largest absolute Gasteiger partial charge is 0.323 e. The Morgan fingerprint density at radius 3 is 2.27 bits per heavy atom. The second kappa shape index (κ2) is 4.74. The van der Waals surface area contributed by atoms with E-state index in [0.29, 0.717) is 0 Å². The molecule has 5 heteroatoms. The van der Waals surface area contributed by atoms with Crippen LogP contribution in [0.3, 0.4) is 0 Å². The Balaban J connectivity index is 2.77. The van der Waals surface area contributed by atoms with E-state index in [1.54, 1.807) is 0 Å². The monoisotopic (exact) mass is 228 g/mol. The lowest BCUT2D eigenvalue weighted by Crippen LogP contribution is -2.31. The van der Waals surface area contributed by atoms with Crippen LogP contribution in [0.2, 0.25) is 0 Å². The van der Waals surface area contributed by atoms with Crippen molar-refractivity contribution in [1.82, 2.24) is 4.31 Å². The van der Waals surface area contributed by atoms with Gasteiger partial charge in [-0.1, -0.05) is 30.3 Å². The van der Waals surface area contributed by atoms with Crippen molar-refractivity contribution in [2.24, 2.45) is 5.73 Å². The Labute approximate surface area is 90.8 Å². The van der Waals surface area contributed by atoms with Gasteiger partial charge in [0.2, 0.25) is 10.0 Å². The average Bonchev–Trinajstić information content (AvgIpc) is 2.18. The molecule has 0 heterocycles. The van der Waals surface area contributed by atoms with Crippen molar-refractivity contribution in [3.63, 3.8) is 0 Å². The molecule has 0 aliphatic heterocycles. The molecule has 0 aliphatic rings. The van der Waals surface area contributed by atoms with Crippen molar-refractivity contribution >= 4 is 10.0 Å². The third-order valence-corrected chi connectivity index (χ3v) is 4.07. The van der Waals surface area contributed by atoms with E-state index in [2.05, 4.69) is 0 Å². The topological polar surface area (TPSA) is 63.4 Å². The van der Waals surface area contributed by atoms with Crippen molar-refractivity contribution in [1.29, 1.82) is 0 Å². The van der Waals surface area contributed by atoms with Gasteiger partial charge < -0.3 is 5.73 Å². The third-order valence-electron chi connectivity index (χ3n) is 2.17. The molecule has 84 valence electrons. The maximum absolute atomic E-state index is 11.6. The van der Waals surface area contributed by atoms with Crippen LogP contribution in [0.15, 0.2) is 30.3 Å². The number of hydrogen-bond acceptors (Lipinski definition) is 3. The molecule has 4 nitrogen and oxygen atoms in total. The summed E-state index contributed by atoms with van der Waals surface area (Å²) in [6, 6.07) is 8.75. The number of rotatable bonds is 4. The highest BCUT2D eigenvalue weighted by Gasteiger charge is 2.19. The number of sulfonamides is 1. The summed E-state index contributed by atoms with van der Waals surface area (Å²) in [4.78, 5) is 0. The molecule has 1 rings (SSSR count). The summed E-state index contributed by atoms with van der Waals surface area (Å²) < 4.78 is 24.3. The van der Waals surface area contributed by atoms with Gasteiger partial charge in [0.05, 0.1) is 5.75 Å². The van der Waals surface area contributed by atoms with Gasteiger partial charge in [-0.25, -0.2) is 12.7 Å². The fraction of sp³-hybridized carbons (Fsp3) is 0.400. The molecule has 1 aromatic carbocycles. The summed E-state index contributed by atoms with van der Waals surface area (Å²) in [5.74, 6) is -0.0655. The van der Waals surface area contributed by atoms with E-state index in [0.717, 1.165) is 5.56 Å². The lowest BCUT2D eigenvalue weighted by Gasteiger charge is -2.16. The highest BCUT2D eigenvalue weighted by molar-refractivity contribution is 7.89. The van der Waals surface area contributed by atoms with Gasteiger partial charge in [0, 0.05) is 20.1 Å². The summed E-state index contributed by atoms with van der Waals surface area (Å²) in [5, 5.41) is 0. The van der Waals surface area contributed by atoms with Crippen LogP contribution in [-0.4, -0.2) is 32.6 Å². The Morgan fingerprint density at radius 2 is 1.80 bits per heavy atom. The molecule has 0 aromatic heterocycles. The molecule has 15 heavy (non-hydrogen) atoms. The Hall–Kier alpha value is -0.910. The Bertz CT molecular complexity index is 401. The first kappa shape index (κ1) is 12.2. The van der Waals surface area contributed by atoms with Crippen LogP contribution in [0, 0.1) is 0 Å². The van der Waals surface area contributed by atoms with E-state index in [1.165, 1.54) is 18.4 Å². The molecule has 1 atom stereocenters. The highest BCUT2D eigenvalue weighted by atomic mass is 32.2. The van der Waals surface area contributed by atoms with Crippen molar-refractivity contribution in [3.8, 4) is 0 Å². The first-order valence-corrected chi connectivity index (χ1v) is 6.25. The van der Waals surface area contributed by atoms with Gasteiger partial charge in [-0.3, -0.25) is 0 Å². The molecule has 0 saturated carbocycles. The SMILES string of the molecule is CN(C)S(=O)(=O)CC(N)c1ccccc1. The van der Waals surface area contributed by atoms with Gasteiger partial charge >= 0.3 is 0 Å². The van der Waals surface area contributed by atoms with Crippen LogP contribution in [-0.2, 0) is 10.0 Å². The number of hydrogen-bond donors (Lipinski definition) is 1. The molecular formula is C10H16N2O2S. The van der Waals surface area contributed by atoms with E-state index in [4.69, 9.17) is 5.73 Å². The van der Waals surface area contributed by atoms with Gasteiger partial charge in [-0.05, 0) is 5.56 Å². The average molecular weight is 228 g/mol. The molecule has 0 radical (unpaired) electrons. The predicted molar refractivity (Wildman–Crippen MR) is 60.8 cm³/mol. The smallest absolute Gasteiger partial charge is 0.215 e. The van der Waals surface area contributed by atoms with Gasteiger partial charge in [0.25, 0.3) is 0 Å². The summed E-state index contributed by atoms with van der Waals surface area (Å²) in [6.45, 7) is 0. The maximum Gasteiger partial charge on any atom is 0.215 e. The van der Waals surface area contributed by atoms with Gasteiger partial charge in [-0.15, -0.1) is 0 Å². The molecule has 0 spiro atoms. The van der Waals surface area contributed by atoms with Crippen molar-refractivity contribution in [2.75, 3.05) is 19.8 Å². The summed E-state index contributed by atoms with van der Waals surface area (Å²) in [7, 11) is -0.223. The zero-order valence-electron chi connectivity index (χ0n) is 8.92. The second-order valence-electron chi connectivity index (χ2n) is 3.58.